The van der Waals surface area contributed by atoms with Crippen molar-refractivity contribution < 1.29 is 42.4 Å². The van der Waals surface area contributed by atoms with E-state index in [1.54, 1.807) is 4.98 Å². The first kappa shape index (κ1) is 33.4. The summed E-state index contributed by atoms with van der Waals surface area (Å²) in [4.78, 5) is 57.7. The van der Waals surface area contributed by atoms with E-state index in [1.165, 1.54) is 10.9 Å². The summed E-state index contributed by atoms with van der Waals surface area (Å²) in [7, 11) is 0. The van der Waals surface area contributed by atoms with Crippen molar-refractivity contribution in [2.75, 3.05) is 25.6 Å². The number of nitrogens with zero attached hydrogens (tertiary/aromatic N) is 4. The first-order valence-corrected chi connectivity index (χ1v) is 12.7. The van der Waals surface area contributed by atoms with E-state index in [9.17, 15) is 37.5 Å². The Bertz CT molecular complexity index is 1580. The van der Waals surface area contributed by atoms with Crippen LogP contribution in [0.3, 0.4) is 0 Å². The van der Waals surface area contributed by atoms with Gasteiger partial charge in [-0.05, 0) is 5.92 Å². The summed E-state index contributed by atoms with van der Waals surface area (Å²) >= 11 is 0. The topological polar surface area (TPSA) is 256 Å². The molecule has 1 saturated heterocycles. The van der Waals surface area contributed by atoms with E-state index < -0.39 is 65.6 Å². The Morgan fingerprint density at radius 1 is 1.23 bits per heavy atom. The fraction of sp³-hybridized carbons (Fsp3) is 0.565. The van der Waals surface area contributed by atoms with Gasteiger partial charge >= 0.3 is 17.8 Å². The molecule has 4 rings (SSSR count). The quantitative estimate of drug-likeness (QED) is 0.117. The lowest BCUT2D eigenvalue weighted by molar-refractivity contribution is -0.148. The number of esters is 1. The molecule has 238 valence electrons. The van der Waals surface area contributed by atoms with Crippen molar-refractivity contribution in [2.24, 2.45) is 11.7 Å². The van der Waals surface area contributed by atoms with Gasteiger partial charge in [0, 0.05) is 12.6 Å². The number of carbonyl (C=O) groups excluding carboxylic acids is 1. The summed E-state index contributed by atoms with van der Waals surface area (Å²) in [6.07, 6.45) is -6.62. The van der Waals surface area contributed by atoms with Crippen LogP contribution in [-0.4, -0.2) is 83.3 Å². The number of ether oxygens (including phenoxy) is 3. The second-order valence-corrected chi connectivity index (χ2v) is 9.63. The van der Waals surface area contributed by atoms with Crippen molar-refractivity contribution in [1.82, 2.24) is 29.1 Å². The maximum absolute atomic E-state index is 12.6. The van der Waals surface area contributed by atoms with Crippen LogP contribution in [0.5, 0.6) is 0 Å². The van der Waals surface area contributed by atoms with Crippen LogP contribution in [0.2, 0.25) is 0 Å². The number of hydrogen-bond donors (Lipinski definition) is 6. The molecule has 0 aliphatic carbocycles. The fourth-order valence-electron chi connectivity index (χ4n) is 3.75. The Morgan fingerprint density at radius 3 is 2.53 bits per heavy atom. The van der Waals surface area contributed by atoms with E-state index in [0.717, 1.165) is 0 Å². The van der Waals surface area contributed by atoms with Gasteiger partial charge in [0.05, 0.1) is 25.6 Å². The minimum absolute atomic E-state index is 0.000790. The van der Waals surface area contributed by atoms with Crippen molar-refractivity contribution in [3.05, 3.63) is 49.3 Å². The second-order valence-electron chi connectivity index (χ2n) is 9.63. The van der Waals surface area contributed by atoms with Gasteiger partial charge in [0.25, 0.3) is 11.1 Å². The number of aliphatic hydroxyl groups excluding tert-OH is 2. The van der Waals surface area contributed by atoms with Gasteiger partial charge in [-0.2, -0.15) is 18.2 Å². The number of nitrogens with two attached hydrogens (primary N) is 2. The van der Waals surface area contributed by atoms with Gasteiger partial charge in [-0.15, -0.1) is 0 Å². The number of aromatic nitrogens is 6. The lowest BCUT2D eigenvalue weighted by Gasteiger charge is -2.16. The number of anilines is 1. The first-order chi connectivity index (χ1) is 20.1. The van der Waals surface area contributed by atoms with Gasteiger partial charge in [0.1, 0.15) is 37.3 Å². The molecule has 17 nitrogen and oxygen atoms in total. The number of aliphatic hydroxyl groups is 2. The van der Waals surface area contributed by atoms with Crippen molar-refractivity contribution in [2.45, 2.75) is 57.7 Å². The third-order valence-electron chi connectivity index (χ3n) is 6.15. The molecule has 0 aromatic carbocycles. The first-order valence-electron chi connectivity index (χ1n) is 12.7. The Morgan fingerprint density at radius 2 is 1.93 bits per heavy atom. The molecule has 4 atom stereocenters. The number of nitrogens with one attached hydrogen (secondary N) is 2. The van der Waals surface area contributed by atoms with Gasteiger partial charge < -0.3 is 35.9 Å². The Labute approximate surface area is 239 Å². The summed E-state index contributed by atoms with van der Waals surface area (Å²) in [5, 5.41) is 18.4. The highest BCUT2D eigenvalue weighted by Crippen LogP contribution is 2.30. The van der Waals surface area contributed by atoms with Crippen LogP contribution < -0.4 is 28.3 Å². The summed E-state index contributed by atoms with van der Waals surface area (Å²) in [5.74, 6) is -0.450. The number of H-pyrrole nitrogens is 2. The van der Waals surface area contributed by atoms with Crippen molar-refractivity contribution in [3.63, 3.8) is 0 Å². The molecule has 1 aliphatic rings. The van der Waals surface area contributed by atoms with Gasteiger partial charge in [0.2, 0.25) is 5.95 Å². The smallest absolute Gasteiger partial charge is 0.423 e. The minimum Gasteiger partial charge on any atom is -0.462 e. The zero-order valence-electron chi connectivity index (χ0n) is 22.9. The summed E-state index contributed by atoms with van der Waals surface area (Å²) in [5.41, 5.74) is 7.08. The molecule has 3 aromatic heterocycles. The molecule has 8 N–H and O–H groups in total. The molecule has 3 aromatic rings. The van der Waals surface area contributed by atoms with Gasteiger partial charge in [-0.3, -0.25) is 33.5 Å². The Kier molecular flexibility index (Phi) is 10.8. The Balaban J connectivity index is 0.000000238. The van der Waals surface area contributed by atoms with E-state index in [-0.39, 0.29) is 43.7 Å². The van der Waals surface area contributed by atoms with Gasteiger partial charge in [-0.25, -0.2) is 9.78 Å². The molecule has 1 aliphatic heterocycles. The third kappa shape index (κ3) is 8.26. The standard InChI is InChI=1S/C13H20N6O4.C10H11F3N2O5/c1-7(2)8(14)12(21)23-4-3-22-6-19-5-16-9-10(19)17-13(15)18-11(9)20;11-10(12,13)4-2-15(9(19)14-8(4)18)7-1-5(17)6(3-16)20-7/h5,7-8H,3-4,6,14H2,1-2H3,(H3,15,17,18,20);2,5-7,16-17H,1,3H2,(H,14,18,19)/t8-;5-,6+,7+/m00/s1. The van der Waals surface area contributed by atoms with Crippen LogP contribution in [0, 0.1) is 5.92 Å². The highest BCUT2D eigenvalue weighted by molar-refractivity contribution is 5.75. The van der Waals surface area contributed by atoms with Crippen LogP contribution in [0.1, 0.15) is 32.1 Å². The van der Waals surface area contributed by atoms with Gasteiger partial charge in [0.15, 0.2) is 11.2 Å². The number of fused-ring (bicyclic) bond motifs is 1. The molecule has 20 heteroatoms. The Hall–Kier alpha value is -4.11. The molecule has 1 fully saturated rings. The number of nitrogen functional groups attached to an aromatic ring is 1. The molecule has 43 heavy (non-hydrogen) atoms. The summed E-state index contributed by atoms with van der Waals surface area (Å²) in [6.45, 7) is 3.50. The lowest BCUT2D eigenvalue weighted by Crippen LogP contribution is -2.37. The maximum atomic E-state index is 12.6. The number of hydrogen-bond acceptors (Lipinski definition) is 13. The molecule has 0 spiro atoms. The molecule has 0 saturated carbocycles. The largest absolute Gasteiger partial charge is 0.462 e. The summed E-state index contributed by atoms with van der Waals surface area (Å²) < 4.78 is 55.3. The molecular weight excluding hydrogens is 589 g/mol. The van der Waals surface area contributed by atoms with Crippen LogP contribution in [-0.2, 0) is 31.9 Å². The number of alkyl halides is 3. The number of halogens is 3. The van der Waals surface area contributed by atoms with Crippen LogP contribution in [0.25, 0.3) is 11.2 Å². The highest BCUT2D eigenvalue weighted by Gasteiger charge is 2.38. The monoisotopic (exact) mass is 620 g/mol. The number of imidazole rings is 1. The van der Waals surface area contributed by atoms with Crippen molar-refractivity contribution in [1.29, 1.82) is 0 Å². The van der Waals surface area contributed by atoms with E-state index >= 15 is 0 Å². The van der Waals surface area contributed by atoms with E-state index in [4.69, 9.17) is 30.8 Å². The molecule has 0 unspecified atom stereocenters. The molecule has 0 bridgehead atoms. The van der Waals surface area contributed by atoms with Crippen LogP contribution >= 0.6 is 0 Å². The molecule has 4 heterocycles. The molecule has 0 radical (unpaired) electrons. The molecule has 0 amide bonds. The van der Waals surface area contributed by atoms with E-state index in [2.05, 4.69) is 15.0 Å². The molecular formula is C23H31F3N8O9. The van der Waals surface area contributed by atoms with Crippen molar-refractivity contribution >= 4 is 23.1 Å². The van der Waals surface area contributed by atoms with Gasteiger partial charge in [-0.1, -0.05) is 13.8 Å². The van der Waals surface area contributed by atoms with Crippen LogP contribution in [0.15, 0.2) is 26.9 Å². The second kappa shape index (κ2) is 13.9. The minimum atomic E-state index is -4.92. The fourth-order valence-corrected chi connectivity index (χ4v) is 3.75. The number of rotatable bonds is 9. The number of carbonyl (C=O) groups is 1. The SMILES string of the molecule is CC(C)[C@H](N)C(=O)OCCOCn1cnc2c(=O)[nH]c(N)nc21.O=c1[nH]c(=O)n([C@H]2C[C@H](O)[C@@H](CO)O2)cc1C(F)(F)F. The average molecular weight is 621 g/mol. The predicted molar refractivity (Wildman–Crippen MR) is 140 cm³/mol. The predicted octanol–water partition coefficient (Wildman–Crippen LogP) is -1.60. The van der Waals surface area contributed by atoms with E-state index in [1.807, 2.05) is 13.8 Å². The lowest BCUT2D eigenvalue weighted by atomic mass is 10.1. The number of aromatic amines is 2. The zero-order chi connectivity index (χ0) is 32.1. The van der Waals surface area contributed by atoms with Crippen molar-refractivity contribution in [3.8, 4) is 0 Å². The highest BCUT2D eigenvalue weighted by atomic mass is 19.4. The van der Waals surface area contributed by atoms with E-state index in [0.29, 0.717) is 16.4 Å². The summed E-state index contributed by atoms with van der Waals surface area (Å²) in [6, 6.07) is -0.647. The maximum Gasteiger partial charge on any atom is 0.423 e. The zero-order valence-corrected chi connectivity index (χ0v) is 22.9. The third-order valence-corrected chi connectivity index (χ3v) is 6.15. The normalized spacial score (nSPS) is 19.3. The van der Waals surface area contributed by atoms with Crippen LogP contribution in [0.4, 0.5) is 19.1 Å². The average Bonchev–Trinajstić information content (AvgIpc) is 3.50.